The van der Waals surface area contributed by atoms with Crippen LogP contribution >= 0.6 is 0 Å². The number of likely N-dealkylation sites (N-methyl/N-ethyl adjacent to an activating group) is 1. The third kappa shape index (κ3) is 2.61. The van der Waals surface area contributed by atoms with Gasteiger partial charge < -0.3 is 19.9 Å². The lowest BCUT2D eigenvalue weighted by molar-refractivity contribution is -0.0533. The summed E-state index contributed by atoms with van der Waals surface area (Å²) in [6.45, 7) is 0.426. The van der Waals surface area contributed by atoms with E-state index in [4.69, 9.17) is 9.47 Å². The van der Waals surface area contributed by atoms with Crippen molar-refractivity contribution >= 4 is 0 Å². The van der Waals surface area contributed by atoms with E-state index in [0.717, 1.165) is 0 Å². The van der Waals surface area contributed by atoms with E-state index >= 15 is 0 Å². The van der Waals surface area contributed by atoms with Crippen molar-refractivity contribution in [2.24, 2.45) is 0 Å². The molecule has 106 valence electrons. The van der Waals surface area contributed by atoms with Crippen molar-refractivity contribution in [1.82, 2.24) is 14.9 Å². The molecule has 4 atom stereocenters. The second-order valence-electron chi connectivity index (χ2n) is 4.33. The van der Waals surface area contributed by atoms with Gasteiger partial charge in [-0.15, -0.1) is 0 Å². The lowest BCUT2D eigenvalue weighted by Crippen LogP contribution is -2.39. The average Bonchev–Trinajstić information content (AvgIpc) is 2.67. The Kier molecular flexibility index (Phi) is 4.15. The van der Waals surface area contributed by atoms with Gasteiger partial charge in [0.25, 0.3) is 5.56 Å². The molecule has 1 aliphatic rings. The first-order chi connectivity index (χ1) is 9.08. The van der Waals surface area contributed by atoms with Crippen LogP contribution < -0.4 is 16.6 Å². The van der Waals surface area contributed by atoms with Crippen molar-refractivity contribution in [3.05, 3.63) is 33.1 Å². The predicted molar refractivity (Wildman–Crippen MR) is 66.0 cm³/mol. The lowest BCUT2D eigenvalue weighted by Gasteiger charge is -2.19. The SMILES string of the molecule is CNC[C@H]1O[C@@H](n2ccc(=O)[nH]c2=O)[C@H](OC)[C@@H]1O. The van der Waals surface area contributed by atoms with Crippen molar-refractivity contribution < 1.29 is 14.6 Å². The molecule has 8 nitrogen and oxygen atoms in total. The number of hydrogen-bond donors (Lipinski definition) is 3. The van der Waals surface area contributed by atoms with Crippen LogP contribution in [0.15, 0.2) is 21.9 Å². The van der Waals surface area contributed by atoms with Crippen LogP contribution in [0.4, 0.5) is 0 Å². The van der Waals surface area contributed by atoms with Crippen molar-refractivity contribution in [2.75, 3.05) is 20.7 Å². The molecular weight excluding hydrogens is 254 g/mol. The number of nitrogens with one attached hydrogen (secondary N) is 2. The molecule has 1 aromatic heterocycles. The van der Waals surface area contributed by atoms with Gasteiger partial charge in [0.2, 0.25) is 0 Å². The minimum atomic E-state index is -0.860. The largest absolute Gasteiger partial charge is 0.387 e. The molecule has 0 unspecified atom stereocenters. The summed E-state index contributed by atoms with van der Waals surface area (Å²) >= 11 is 0. The summed E-state index contributed by atoms with van der Waals surface area (Å²) < 4.78 is 12.0. The molecular formula is C11H17N3O5. The van der Waals surface area contributed by atoms with Crippen LogP contribution in [-0.4, -0.2) is 53.7 Å². The molecule has 0 aliphatic carbocycles. The van der Waals surface area contributed by atoms with Crippen LogP contribution in [-0.2, 0) is 9.47 Å². The zero-order chi connectivity index (χ0) is 14.0. The van der Waals surface area contributed by atoms with E-state index < -0.39 is 35.8 Å². The Morgan fingerprint density at radius 2 is 2.32 bits per heavy atom. The van der Waals surface area contributed by atoms with Gasteiger partial charge in [0.1, 0.15) is 18.3 Å². The van der Waals surface area contributed by atoms with E-state index in [9.17, 15) is 14.7 Å². The summed E-state index contributed by atoms with van der Waals surface area (Å²) in [5, 5.41) is 13.0. The molecule has 0 amide bonds. The van der Waals surface area contributed by atoms with Crippen LogP contribution in [0.25, 0.3) is 0 Å². The Morgan fingerprint density at radius 1 is 1.58 bits per heavy atom. The molecule has 0 aromatic carbocycles. The van der Waals surface area contributed by atoms with E-state index in [1.54, 1.807) is 7.05 Å². The van der Waals surface area contributed by atoms with Crippen molar-refractivity contribution in [3.63, 3.8) is 0 Å². The monoisotopic (exact) mass is 271 g/mol. The predicted octanol–water partition coefficient (Wildman–Crippen LogP) is -1.97. The van der Waals surface area contributed by atoms with Crippen molar-refractivity contribution in [1.29, 1.82) is 0 Å². The molecule has 1 aliphatic heterocycles. The Hall–Kier alpha value is -1.48. The number of aromatic amines is 1. The first kappa shape index (κ1) is 13.9. The summed E-state index contributed by atoms with van der Waals surface area (Å²) in [6, 6.07) is 1.22. The first-order valence-electron chi connectivity index (χ1n) is 5.91. The Labute approximate surface area is 109 Å². The summed E-state index contributed by atoms with van der Waals surface area (Å²) in [5.41, 5.74) is -1.09. The maximum Gasteiger partial charge on any atom is 0.330 e. The third-order valence-electron chi connectivity index (χ3n) is 3.12. The fraction of sp³-hybridized carbons (Fsp3) is 0.636. The third-order valence-corrected chi connectivity index (χ3v) is 3.12. The van der Waals surface area contributed by atoms with E-state index in [-0.39, 0.29) is 0 Å². The number of H-pyrrole nitrogens is 1. The smallest absolute Gasteiger partial charge is 0.330 e. The topological polar surface area (TPSA) is 106 Å². The molecule has 0 bridgehead atoms. The lowest BCUT2D eigenvalue weighted by atomic mass is 10.1. The maximum absolute atomic E-state index is 11.7. The van der Waals surface area contributed by atoms with E-state index in [0.29, 0.717) is 6.54 Å². The van der Waals surface area contributed by atoms with Gasteiger partial charge >= 0.3 is 5.69 Å². The van der Waals surface area contributed by atoms with Crippen LogP contribution in [0.1, 0.15) is 6.23 Å². The number of nitrogens with zero attached hydrogens (tertiary/aromatic N) is 1. The fourth-order valence-electron chi connectivity index (χ4n) is 2.19. The molecule has 8 heteroatoms. The summed E-state index contributed by atoms with van der Waals surface area (Å²) in [7, 11) is 3.17. The van der Waals surface area contributed by atoms with Gasteiger partial charge in [0, 0.05) is 25.9 Å². The normalized spacial score (nSPS) is 30.7. The zero-order valence-corrected chi connectivity index (χ0v) is 10.7. The van der Waals surface area contributed by atoms with Crippen molar-refractivity contribution in [3.8, 4) is 0 Å². The summed E-state index contributed by atoms with van der Waals surface area (Å²) in [4.78, 5) is 24.9. The number of ether oxygens (including phenoxy) is 2. The molecule has 2 rings (SSSR count). The number of methoxy groups -OCH3 is 1. The standard InChI is InChI=1S/C11H17N3O5/c1-12-5-6-8(16)9(18-2)10(19-6)14-4-3-7(15)13-11(14)17/h3-4,6,8-10,12,16H,5H2,1-2H3,(H,13,15,17)/t6-,8-,9-,10-/m1/s1. The van der Waals surface area contributed by atoms with E-state index in [1.165, 1.54) is 23.9 Å². The first-order valence-corrected chi connectivity index (χ1v) is 5.91. The number of rotatable bonds is 4. The van der Waals surface area contributed by atoms with Gasteiger partial charge in [-0.2, -0.15) is 0 Å². The van der Waals surface area contributed by atoms with Gasteiger partial charge in [-0.1, -0.05) is 0 Å². The highest BCUT2D eigenvalue weighted by atomic mass is 16.6. The van der Waals surface area contributed by atoms with Crippen LogP contribution in [0.2, 0.25) is 0 Å². The minimum absolute atomic E-state index is 0.426. The molecule has 1 saturated heterocycles. The quantitative estimate of drug-likeness (QED) is 0.586. The van der Waals surface area contributed by atoms with E-state index in [1.807, 2.05) is 0 Å². The Morgan fingerprint density at radius 3 is 2.89 bits per heavy atom. The van der Waals surface area contributed by atoms with Crippen LogP contribution in [0.3, 0.4) is 0 Å². The van der Waals surface area contributed by atoms with Crippen molar-refractivity contribution in [2.45, 2.75) is 24.5 Å². The maximum atomic E-state index is 11.7. The summed E-state index contributed by atoms with van der Waals surface area (Å²) in [5.74, 6) is 0. The number of aromatic nitrogens is 2. The highest BCUT2D eigenvalue weighted by Gasteiger charge is 2.44. The molecule has 0 radical (unpaired) electrons. The molecule has 3 N–H and O–H groups in total. The molecule has 1 fully saturated rings. The van der Waals surface area contributed by atoms with Gasteiger partial charge in [-0.05, 0) is 7.05 Å². The molecule has 0 spiro atoms. The minimum Gasteiger partial charge on any atom is -0.387 e. The second kappa shape index (κ2) is 5.66. The van der Waals surface area contributed by atoms with Gasteiger partial charge in [-0.25, -0.2) is 4.79 Å². The molecule has 2 heterocycles. The number of aliphatic hydroxyl groups excluding tert-OH is 1. The average molecular weight is 271 g/mol. The Balaban J connectivity index is 2.32. The Bertz CT molecular complexity index is 540. The fourth-order valence-corrected chi connectivity index (χ4v) is 2.19. The molecule has 19 heavy (non-hydrogen) atoms. The number of aliphatic hydroxyl groups is 1. The number of hydrogen-bond acceptors (Lipinski definition) is 6. The van der Waals surface area contributed by atoms with E-state index in [2.05, 4.69) is 10.3 Å². The molecule has 1 aromatic rings. The second-order valence-corrected chi connectivity index (χ2v) is 4.33. The highest BCUT2D eigenvalue weighted by Crippen LogP contribution is 2.29. The molecule has 0 saturated carbocycles. The zero-order valence-electron chi connectivity index (χ0n) is 10.7. The van der Waals surface area contributed by atoms with Crippen LogP contribution in [0, 0.1) is 0 Å². The van der Waals surface area contributed by atoms with Crippen LogP contribution in [0.5, 0.6) is 0 Å². The highest BCUT2D eigenvalue weighted by molar-refractivity contribution is 4.94. The summed E-state index contributed by atoms with van der Waals surface area (Å²) in [6.07, 6.45) is -1.48. The van der Waals surface area contributed by atoms with Gasteiger partial charge in [0.15, 0.2) is 6.23 Å². The van der Waals surface area contributed by atoms with Gasteiger partial charge in [0.05, 0.1) is 0 Å². The van der Waals surface area contributed by atoms with Gasteiger partial charge in [-0.3, -0.25) is 14.3 Å².